The van der Waals surface area contributed by atoms with Gasteiger partial charge in [0, 0.05) is 6.54 Å². The second-order valence-corrected chi connectivity index (χ2v) is 6.39. The summed E-state index contributed by atoms with van der Waals surface area (Å²) in [6, 6.07) is 1.78. The molecule has 0 spiro atoms. The zero-order valence-electron chi connectivity index (χ0n) is 8.73. The largest absolute Gasteiger partial charge is 0.384 e. The van der Waals surface area contributed by atoms with Crippen LogP contribution in [0.15, 0.2) is 16.8 Å². The van der Waals surface area contributed by atoms with Crippen molar-refractivity contribution in [3.05, 3.63) is 22.4 Å². The van der Waals surface area contributed by atoms with Crippen LogP contribution in [0.2, 0.25) is 0 Å². The molecule has 1 atom stereocenters. The second-order valence-electron chi connectivity index (χ2n) is 3.51. The van der Waals surface area contributed by atoms with Crippen LogP contribution in [0.25, 0.3) is 0 Å². The Labute approximate surface area is 94.0 Å². The molecule has 1 rings (SSSR count). The molecule has 0 fully saturated rings. The number of nitrogens with one attached hydrogen (secondary N) is 1. The zero-order valence-corrected chi connectivity index (χ0v) is 10.4. The molecule has 1 heterocycles. The summed E-state index contributed by atoms with van der Waals surface area (Å²) in [6.45, 7) is 3.15. The lowest BCUT2D eigenvalue weighted by Gasteiger charge is -2.22. The van der Waals surface area contributed by atoms with Gasteiger partial charge in [-0.25, -0.2) is 13.1 Å². The highest BCUT2D eigenvalue weighted by Crippen LogP contribution is 2.22. The number of hydrogen-bond acceptors (Lipinski definition) is 4. The highest BCUT2D eigenvalue weighted by molar-refractivity contribution is 7.89. The molecular weight excluding hydrogens is 234 g/mol. The van der Waals surface area contributed by atoms with Crippen molar-refractivity contribution < 1.29 is 13.5 Å². The lowest BCUT2D eigenvalue weighted by atomic mass is 10.0. The van der Waals surface area contributed by atoms with E-state index in [1.807, 2.05) is 5.38 Å². The van der Waals surface area contributed by atoms with E-state index in [-0.39, 0.29) is 12.3 Å². The maximum absolute atomic E-state index is 11.2. The summed E-state index contributed by atoms with van der Waals surface area (Å²) >= 11 is 1.47. The van der Waals surface area contributed by atoms with Crippen LogP contribution in [0.4, 0.5) is 0 Å². The Morgan fingerprint density at radius 1 is 1.60 bits per heavy atom. The third-order valence-corrected chi connectivity index (χ3v) is 4.19. The first-order chi connectivity index (χ1) is 6.87. The van der Waals surface area contributed by atoms with Crippen LogP contribution in [-0.4, -0.2) is 25.8 Å². The summed E-state index contributed by atoms with van der Waals surface area (Å²) in [4.78, 5) is 0. The molecule has 1 unspecified atom stereocenters. The van der Waals surface area contributed by atoms with Gasteiger partial charge in [0.2, 0.25) is 10.0 Å². The fraction of sp³-hybridized carbons (Fsp3) is 0.556. The lowest BCUT2D eigenvalue weighted by molar-refractivity contribution is 0.0632. The van der Waals surface area contributed by atoms with Gasteiger partial charge in [0.05, 0.1) is 5.75 Å². The SMILES string of the molecule is CCS(=O)(=O)NCC(C)(O)c1ccsc1. The number of thiophene rings is 1. The van der Waals surface area contributed by atoms with Gasteiger partial charge in [0.1, 0.15) is 5.60 Å². The predicted octanol–water partition coefficient (Wildman–Crippen LogP) is 0.895. The maximum atomic E-state index is 11.2. The number of rotatable bonds is 5. The number of hydrogen-bond donors (Lipinski definition) is 2. The summed E-state index contributed by atoms with van der Waals surface area (Å²) in [5.74, 6) is 0.0206. The molecule has 86 valence electrons. The minimum atomic E-state index is -3.25. The third kappa shape index (κ3) is 3.57. The molecule has 6 heteroatoms. The molecule has 1 aromatic rings. The summed E-state index contributed by atoms with van der Waals surface area (Å²) in [5.41, 5.74) is -0.422. The van der Waals surface area contributed by atoms with Crippen molar-refractivity contribution in [1.29, 1.82) is 0 Å². The van der Waals surface area contributed by atoms with Crippen molar-refractivity contribution in [2.24, 2.45) is 0 Å². The van der Waals surface area contributed by atoms with Gasteiger partial charge >= 0.3 is 0 Å². The molecule has 0 aromatic carbocycles. The maximum Gasteiger partial charge on any atom is 0.211 e. The van der Waals surface area contributed by atoms with Crippen molar-refractivity contribution in [2.45, 2.75) is 19.4 Å². The minimum Gasteiger partial charge on any atom is -0.384 e. The third-order valence-electron chi connectivity index (χ3n) is 2.16. The molecule has 0 aliphatic rings. The summed E-state index contributed by atoms with van der Waals surface area (Å²) in [5, 5.41) is 13.7. The van der Waals surface area contributed by atoms with Crippen LogP contribution < -0.4 is 4.72 Å². The van der Waals surface area contributed by atoms with E-state index in [0.29, 0.717) is 0 Å². The van der Waals surface area contributed by atoms with Gasteiger partial charge in [-0.3, -0.25) is 0 Å². The number of aliphatic hydroxyl groups is 1. The fourth-order valence-electron chi connectivity index (χ4n) is 1.03. The molecule has 15 heavy (non-hydrogen) atoms. The smallest absolute Gasteiger partial charge is 0.211 e. The normalized spacial score (nSPS) is 16.2. The van der Waals surface area contributed by atoms with Crippen LogP contribution in [0, 0.1) is 0 Å². The molecule has 0 aliphatic carbocycles. The van der Waals surface area contributed by atoms with E-state index in [4.69, 9.17) is 0 Å². The van der Waals surface area contributed by atoms with E-state index in [1.165, 1.54) is 11.3 Å². The van der Waals surface area contributed by atoms with Crippen molar-refractivity contribution in [2.75, 3.05) is 12.3 Å². The Morgan fingerprint density at radius 3 is 2.73 bits per heavy atom. The quantitative estimate of drug-likeness (QED) is 0.814. The summed E-state index contributed by atoms with van der Waals surface area (Å²) < 4.78 is 24.8. The molecule has 0 amide bonds. The molecular formula is C9H15NO3S2. The van der Waals surface area contributed by atoms with Crippen LogP contribution in [0.3, 0.4) is 0 Å². The van der Waals surface area contributed by atoms with E-state index < -0.39 is 15.6 Å². The van der Waals surface area contributed by atoms with Gasteiger partial charge in [-0.2, -0.15) is 11.3 Å². The molecule has 0 aliphatic heterocycles. The Bertz CT molecular complexity index is 395. The monoisotopic (exact) mass is 249 g/mol. The van der Waals surface area contributed by atoms with Gasteiger partial charge < -0.3 is 5.11 Å². The van der Waals surface area contributed by atoms with Gasteiger partial charge in [0.25, 0.3) is 0 Å². The first-order valence-corrected chi connectivity index (χ1v) is 7.19. The number of sulfonamides is 1. The molecule has 0 radical (unpaired) electrons. The Hall–Kier alpha value is -0.430. The van der Waals surface area contributed by atoms with E-state index in [0.717, 1.165) is 5.56 Å². The van der Waals surface area contributed by atoms with Crippen LogP contribution in [-0.2, 0) is 15.6 Å². The van der Waals surface area contributed by atoms with Crippen LogP contribution in [0.5, 0.6) is 0 Å². The van der Waals surface area contributed by atoms with Gasteiger partial charge in [-0.1, -0.05) is 0 Å². The van der Waals surface area contributed by atoms with Crippen molar-refractivity contribution in [3.8, 4) is 0 Å². The minimum absolute atomic E-state index is 0.0000926. The van der Waals surface area contributed by atoms with Gasteiger partial charge in [-0.05, 0) is 36.2 Å². The Balaban J connectivity index is 2.66. The average Bonchev–Trinajstić information content (AvgIpc) is 2.69. The van der Waals surface area contributed by atoms with Crippen LogP contribution >= 0.6 is 11.3 Å². The lowest BCUT2D eigenvalue weighted by Crippen LogP contribution is -2.38. The first kappa shape index (κ1) is 12.6. The van der Waals surface area contributed by atoms with Crippen molar-refractivity contribution in [1.82, 2.24) is 4.72 Å². The fourth-order valence-corrected chi connectivity index (χ4v) is 2.51. The van der Waals surface area contributed by atoms with E-state index in [2.05, 4.69) is 4.72 Å². The van der Waals surface area contributed by atoms with Gasteiger partial charge in [0.15, 0.2) is 0 Å². The average molecular weight is 249 g/mol. The molecule has 4 nitrogen and oxygen atoms in total. The molecule has 1 aromatic heterocycles. The van der Waals surface area contributed by atoms with Crippen molar-refractivity contribution in [3.63, 3.8) is 0 Å². The molecule has 2 N–H and O–H groups in total. The predicted molar refractivity (Wildman–Crippen MR) is 61.4 cm³/mol. The molecule has 0 saturated carbocycles. The first-order valence-electron chi connectivity index (χ1n) is 4.60. The Morgan fingerprint density at radius 2 is 2.27 bits per heavy atom. The van der Waals surface area contributed by atoms with Crippen molar-refractivity contribution >= 4 is 21.4 Å². The Kier molecular flexibility index (Phi) is 3.88. The van der Waals surface area contributed by atoms with Gasteiger partial charge in [-0.15, -0.1) is 0 Å². The zero-order chi connectivity index (χ0) is 11.5. The summed E-state index contributed by atoms with van der Waals surface area (Å²) in [6.07, 6.45) is 0. The molecule has 0 bridgehead atoms. The van der Waals surface area contributed by atoms with E-state index in [1.54, 1.807) is 25.3 Å². The van der Waals surface area contributed by atoms with E-state index in [9.17, 15) is 13.5 Å². The standard InChI is InChI=1S/C9H15NO3S2/c1-3-15(12,13)10-7-9(2,11)8-4-5-14-6-8/h4-6,10-11H,3,7H2,1-2H3. The second kappa shape index (κ2) is 4.61. The molecule has 0 saturated heterocycles. The highest BCUT2D eigenvalue weighted by atomic mass is 32.2. The van der Waals surface area contributed by atoms with Crippen LogP contribution in [0.1, 0.15) is 19.4 Å². The van der Waals surface area contributed by atoms with E-state index >= 15 is 0 Å². The topological polar surface area (TPSA) is 66.4 Å². The summed E-state index contributed by atoms with van der Waals surface area (Å²) in [7, 11) is -3.25. The highest BCUT2D eigenvalue weighted by Gasteiger charge is 2.25.